The lowest BCUT2D eigenvalue weighted by atomic mass is 10.4. The highest BCUT2D eigenvalue weighted by molar-refractivity contribution is 4.62. The smallest absolute Gasteiger partial charge is 0.180 e. The summed E-state index contributed by atoms with van der Waals surface area (Å²) in [5.74, 6) is 0. The van der Waals surface area contributed by atoms with E-state index in [-0.39, 0.29) is 0 Å². The summed E-state index contributed by atoms with van der Waals surface area (Å²) in [7, 11) is 0. The van der Waals surface area contributed by atoms with Gasteiger partial charge in [-0.05, 0) is 0 Å². The Balaban J connectivity index is 3.14. The number of rotatable bonds is 2. The molecule has 0 spiro atoms. The van der Waals surface area contributed by atoms with Crippen LogP contribution in [0.1, 0.15) is 0 Å². The van der Waals surface area contributed by atoms with E-state index in [2.05, 4.69) is 0 Å². The third kappa shape index (κ3) is 2.52. The highest BCUT2D eigenvalue weighted by Crippen LogP contribution is 1.88. The van der Waals surface area contributed by atoms with Gasteiger partial charge in [0.2, 0.25) is 0 Å². The minimum atomic E-state index is -1.88. The van der Waals surface area contributed by atoms with E-state index >= 15 is 0 Å². The summed E-state index contributed by atoms with van der Waals surface area (Å²) in [6.45, 7) is 0.296. The largest absolute Gasteiger partial charge is 0.387 e. The molecule has 0 aromatic rings. The third-order valence-corrected chi connectivity index (χ3v) is 0.458. The molecular weight excluding hydrogens is 100 g/mol. The minimum absolute atomic E-state index is 0.296. The zero-order valence-electron chi connectivity index (χ0n) is 3.52. The normalized spacial score (nSPS) is 15.0. The molecule has 4 nitrogen and oxygen atoms in total. The molecule has 43 valence electrons. The van der Waals surface area contributed by atoms with Gasteiger partial charge in [0.25, 0.3) is 0 Å². The summed E-state index contributed by atoms with van der Waals surface area (Å²) in [4.78, 5) is 0. The Labute approximate surface area is 40.6 Å². The van der Waals surface area contributed by atoms with Crippen molar-refractivity contribution >= 4 is 0 Å². The van der Waals surface area contributed by atoms with E-state index in [0.29, 0.717) is 6.61 Å². The van der Waals surface area contributed by atoms with E-state index in [1.54, 1.807) is 0 Å². The van der Waals surface area contributed by atoms with Crippen molar-refractivity contribution in [2.24, 2.45) is 0 Å². The Kier molecular flexibility index (Phi) is 2.86. The van der Waals surface area contributed by atoms with Crippen LogP contribution in [0, 0.1) is 6.61 Å². The van der Waals surface area contributed by atoms with Gasteiger partial charge in [0.15, 0.2) is 6.29 Å². The van der Waals surface area contributed by atoms with Gasteiger partial charge in [0.05, 0.1) is 0 Å². The highest BCUT2D eigenvalue weighted by Gasteiger charge is 2.09. The van der Waals surface area contributed by atoms with E-state index in [9.17, 15) is 0 Å². The maximum Gasteiger partial charge on any atom is 0.180 e. The molecule has 0 aliphatic carbocycles. The highest BCUT2D eigenvalue weighted by atomic mass is 16.5. The summed E-state index contributed by atoms with van der Waals surface area (Å²) in [5.41, 5.74) is 0. The molecule has 7 heavy (non-hydrogen) atoms. The van der Waals surface area contributed by atoms with Crippen molar-refractivity contribution < 1.29 is 20.4 Å². The van der Waals surface area contributed by atoms with Gasteiger partial charge in [-0.2, -0.15) is 0 Å². The lowest BCUT2D eigenvalue weighted by molar-refractivity contribution is -0.120. The van der Waals surface area contributed by atoms with Crippen molar-refractivity contribution in [3.05, 3.63) is 6.61 Å². The SMILES string of the molecule is O[CH]C(O)C(O)O. The van der Waals surface area contributed by atoms with Crippen LogP contribution in [0.2, 0.25) is 0 Å². The Morgan fingerprint density at radius 3 is 1.57 bits per heavy atom. The molecule has 0 aliphatic heterocycles. The fraction of sp³-hybridized carbons (Fsp3) is 0.667. The number of aliphatic hydroxyl groups excluding tert-OH is 3. The molecule has 1 radical (unpaired) electrons. The molecule has 4 heteroatoms. The van der Waals surface area contributed by atoms with Gasteiger partial charge in [0, 0.05) is 0 Å². The topological polar surface area (TPSA) is 80.9 Å². The number of aliphatic hydroxyl groups is 4. The monoisotopic (exact) mass is 107 g/mol. The van der Waals surface area contributed by atoms with Gasteiger partial charge in [0.1, 0.15) is 12.7 Å². The first-order valence-electron chi connectivity index (χ1n) is 1.70. The van der Waals surface area contributed by atoms with E-state index in [1.165, 1.54) is 0 Å². The van der Waals surface area contributed by atoms with Gasteiger partial charge in [-0.3, -0.25) is 0 Å². The zero-order chi connectivity index (χ0) is 5.86. The first kappa shape index (κ1) is 6.84. The number of hydrogen-bond donors (Lipinski definition) is 4. The van der Waals surface area contributed by atoms with Gasteiger partial charge in [-0.15, -0.1) is 0 Å². The maximum absolute atomic E-state index is 8.13. The van der Waals surface area contributed by atoms with Crippen LogP contribution in [0.25, 0.3) is 0 Å². The molecule has 0 saturated heterocycles. The van der Waals surface area contributed by atoms with Crippen LogP contribution in [-0.4, -0.2) is 32.8 Å². The predicted octanol–water partition coefficient (Wildman–Crippen LogP) is -1.81. The zero-order valence-corrected chi connectivity index (χ0v) is 3.52. The maximum atomic E-state index is 8.13. The summed E-state index contributed by atoms with van der Waals surface area (Å²) < 4.78 is 0. The van der Waals surface area contributed by atoms with Crippen LogP contribution in [0.15, 0.2) is 0 Å². The lowest BCUT2D eigenvalue weighted by Gasteiger charge is -2.05. The van der Waals surface area contributed by atoms with E-state index < -0.39 is 12.4 Å². The van der Waals surface area contributed by atoms with Gasteiger partial charge in [-0.25, -0.2) is 0 Å². The molecule has 0 heterocycles. The molecule has 0 saturated carbocycles. The Hall–Kier alpha value is -0.160. The van der Waals surface area contributed by atoms with Gasteiger partial charge >= 0.3 is 0 Å². The standard InChI is InChI=1S/C3H7O4/c4-1-2(5)3(6)7/h1-7H. The first-order valence-corrected chi connectivity index (χ1v) is 1.70. The van der Waals surface area contributed by atoms with E-state index in [0.717, 1.165) is 0 Å². The molecule has 0 aliphatic rings. The average Bonchev–Trinajstić information content (AvgIpc) is 1.65. The summed E-state index contributed by atoms with van der Waals surface area (Å²) in [6, 6.07) is 0. The molecule has 0 amide bonds. The Morgan fingerprint density at radius 2 is 1.57 bits per heavy atom. The summed E-state index contributed by atoms with van der Waals surface area (Å²) in [5, 5.41) is 31.8. The van der Waals surface area contributed by atoms with Gasteiger partial charge in [-0.1, -0.05) is 0 Å². The summed E-state index contributed by atoms with van der Waals surface area (Å²) >= 11 is 0. The quantitative estimate of drug-likeness (QED) is 0.313. The molecule has 0 fully saturated rings. The summed E-state index contributed by atoms with van der Waals surface area (Å²) in [6.07, 6.45) is -3.44. The molecule has 1 unspecified atom stereocenters. The molecular formula is C3H7O4. The fourth-order valence-electron chi connectivity index (χ4n) is 0.0770. The van der Waals surface area contributed by atoms with Crippen LogP contribution in [-0.2, 0) is 0 Å². The average molecular weight is 107 g/mol. The van der Waals surface area contributed by atoms with Crippen LogP contribution in [0.3, 0.4) is 0 Å². The first-order chi connectivity index (χ1) is 3.18. The minimum Gasteiger partial charge on any atom is -0.387 e. The van der Waals surface area contributed by atoms with Crippen LogP contribution in [0.5, 0.6) is 0 Å². The molecule has 4 N–H and O–H groups in total. The van der Waals surface area contributed by atoms with Crippen molar-refractivity contribution in [1.29, 1.82) is 0 Å². The van der Waals surface area contributed by atoms with Crippen LogP contribution < -0.4 is 0 Å². The van der Waals surface area contributed by atoms with Crippen molar-refractivity contribution in [2.75, 3.05) is 0 Å². The molecule has 0 aromatic carbocycles. The number of hydrogen-bond acceptors (Lipinski definition) is 4. The second kappa shape index (κ2) is 2.92. The van der Waals surface area contributed by atoms with Crippen molar-refractivity contribution in [2.45, 2.75) is 12.4 Å². The predicted molar refractivity (Wildman–Crippen MR) is 20.5 cm³/mol. The molecule has 0 aromatic heterocycles. The Bertz CT molecular complexity index is 44.2. The fourth-order valence-corrected chi connectivity index (χ4v) is 0.0770. The van der Waals surface area contributed by atoms with Crippen LogP contribution >= 0.6 is 0 Å². The lowest BCUT2D eigenvalue weighted by Crippen LogP contribution is -2.25. The van der Waals surface area contributed by atoms with Crippen molar-refractivity contribution in [1.82, 2.24) is 0 Å². The van der Waals surface area contributed by atoms with Crippen LogP contribution in [0.4, 0.5) is 0 Å². The van der Waals surface area contributed by atoms with E-state index in [4.69, 9.17) is 20.4 Å². The second-order valence-corrected chi connectivity index (χ2v) is 1.05. The Morgan fingerprint density at radius 1 is 1.14 bits per heavy atom. The van der Waals surface area contributed by atoms with Crippen molar-refractivity contribution in [3.8, 4) is 0 Å². The van der Waals surface area contributed by atoms with E-state index in [1.807, 2.05) is 0 Å². The van der Waals surface area contributed by atoms with Gasteiger partial charge < -0.3 is 20.4 Å². The molecule has 1 atom stereocenters. The van der Waals surface area contributed by atoms with Crippen molar-refractivity contribution in [3.63, 3.8) is 0 Å². The second-order valence-electron chi connectivity index (χ2n) is 1.05. The molecule has 0 bridgehead atoms. The third-order valence-electron chi connectivity index (χ3n) is 0.458. The molecule has 0 rings (SSSR count).